The van der Waals surface area contributed by atoms with Gasteiger partial charge in [-0.25, -0.2) is 22.7 Å². The summed E-state index contributed by atoms with van der Waals surface area (Å²) in [5.41, 5.74) is 0. The summed E-state index contributed by atoms with van der Waals surface area (Å²) < 4.78 is 35.8. The van der Waals surface area contributed by atoms with E-state index < -0.39 is 10.0 Å². The van der Waals surface area contributed by atoms with Crippen LogP contribution in [0.2, 0.25) is 0 Å². The van der Waals surface area contributed by atoms with Gasteiger partial charge in [0.1, 0.15) is 6.10 Å². The Balaban J connectivity index is 1.57. The molecule has 0 bridgehead atoms. The minimum atomic E-state index is -3.19. The Morgan fingerprint density at radius 3 is 2.41 bits per heavy atom. The Labute approximate surface area is 159 Å². The second-order valence-electron chi connectivity index (χ2n) is 6.97. The summed E-state index contributed by atoms with van der Waals surface area (Å²) in [5, 5.41) is 0. The Hall–Kier alpha value is -1.94. The van der Waals surface area contributed by atoms with E-state index >= 15 is 0 Å². The van der Waals surface area contributed by atoms with Crippen LogP contribution < -0.4 is 9.47 Å². The van der Waals surface area contributed by atoms with Crippen molar-refractivity contribution in [2.24, 2.45) is 5.92 Å². The van der Waals surface area contributed by atoms with E-state index in [0.29, 0.717) is 50.8 Å². The van der Waals surface area contributed by atoms with Gasteiger partial charge in [-0.1, -0.05) is 0 Å². The van der Waals surface area contributed by atoms with Crippen LogP contribution >= 0.6 is 0 Å². The van der Waals surface area contributed by atoms with Crippen molar-refractivity contribution in [1.29, 1.82) is 0 Å². The molecule has 0 unspecified atom stereocenters. The molecule has 9 nitrogen and oxygen atoms in total. The third-order valence-corrected chi connectivity index (χ3v) is 6.37. The molecule has 27 heavy (non-hydrogen) atoms. The second kappa shape index (κ2) is 8.39. The van der Waals surface area contributed by atoms with E-state index in [2.05, 4.69) is 9.97 Å². The molecule has 150 valence electrons. The highest BCUT2D eigenvalue weighted by Gasteiger charge is 2.34. The lowest BCUT2D eigenvalue weighted by molar-refractivity contribution is -0.139. The first-order valence-electron chi connectivity index (χ1n) is 9.14. The fourth-order valence-corrected chi connectivity index (χ4v) is 4.49. The number of likely N-dealkylation sites (tertiary alicyclic amines) is 1. The fraction of sp³-hybridized carbons (Fsp3) is 0.706. The van der Waals surface area contributed by atoms with E-state index in [4.69, 9.17) is 9.47 Å². The molecule has 1 amide bonds. The number of aromatic nitrogens is 2. The molecule has 10 heteroatoms. The van der Waals surface area contributed by atoms with E-state index in [1.54, 1.807) is 6.20 Å². The number of methoxy groups -OCH3 is 1. The van der Waals surface area contributed by atoms with Crippen LogP contribution in [0.25, 0.3) is 0 Å². The van der Waals surface area contributed by atoms with Crippen molar-refractivity contribution in [3.05, 3.63) is 12.4 Å². The van der Waals surface area contributed by atoms with Gasteiger partial charge in [-0.05, 0) is 25.7 Å². The normalized spacial score (nSPS) is 22.4. The molecule has 0 aromatic carbocycles. The van der Waals surface area contributed by atoms with Gasteiger partial charge in [0.2, 0.25) is 15.9 Å². The topological polar surface area (TPSA) is 102 Å². The van der Waals surface area contributed by atoms with Crippen molar-refractivity contribution >= 4 is 15.9 Å². The first-order chi connectivity index (χ1) is 12.9. The van der Waals surface area contributed by atoms with Crippen LogP contribution in [0.15, 0.2) is 12.4 Å². The predicted molar refractivity (Wildman–Crippen MR) is 98.0 cm³/mol. The van der Waals surface area contributed by atoms with Crippen LogP contribution in [0.4, 0.5) is 0 Å². The first-order valence-corrected chi connectivity index (χ1v) is 11.0. The number of ether oxygens (including phenoxy) is 2. The molecule has 2 fully saturated rings. The zero-order valence-electron chi connectivity index (χ0n) is 15.7. The maximum atomic E-state index is 12.9. The zero-order valence-corrected chi connectivity index (χ0v) is 16.5. The quantitative estimate of drug-likeness (QED) is 0.713. The van der Waals surface area contributed by atoms with Gasteiger partial charge in [0.15, 0.2) is 0 Å². The lowest BCUT2D eigenvalue weighted by Crippen LogP contribution is -2.49. The molecule has 0 spiro atoms. The predicted octanol–water partition coefficient (Wildman–Crippen LogP) is 0.527. The molecule has 3 heterocycles. The average molecular weight is 398 g/mol. The summed E-state index contributed by atoms with van der Waals surface area (Å²) in [4.78, 5) is 22.9. The minimum Gasteiger partial charge on any atom is -0.477 e. The first kappa shape index (κ1) is 19.8. The summed E-state index contributed by atoms with van der Waals surface area (Å²) in [6, 6.07) is 0. The number of carbonyl (C=O) groups excluding carboxylic acids is 1. The minimum absolute atomic E-state index is 0.0857. The smallest absolute Gasteiger partial charge is 0.278 e. The molecule has 2 aliphatic heterocycles. The van der Waals surface area contributed by atoms with Gasteiger partial charge in [0.25, 0.3) is 11.8 Å². The van der Waals surface area contributed by atoms with Gasteiger partial charge in [-0.15, -0.1) is 0 Å². The molecule has 2 aliphatic rings. The van der Waals surface area contributed by atoms with Crippen LogP contribution in [0.1, 0.15) is 25.7 Å². The Morgan fingerprint density at radius 1 is 1.11 bits per heavy atom. The molecule has 3 rings (SSSR count). The number of piperidine rings is 2. The van der Waals surface area contributed by atoms with E-state index in [1.165, 1.54) is 23.9 Å². The summed E-state index contributed by atoms with van der Waals surface area (Å²) in [5.74, 6) is 0.616. The van der Waals surface area contributed by atoms with E-state index in [-0.39, 0.29) is 17.9 Å². The largest absolute Gasteiger partial charge is 0.477 e. The lowest BCUT2D eigenvalue weighted by atomic mass is 9.95. The number of hydrogen-bond donors (Lipinski definition) is 0. The third kappa shape index (κ3) is 4.86. The molecule has 1 aromatic heterocycles. The van der Waals surface area contributed by atoms with Crippen LogP contribution in [-0.4, -0.2) is 79.1 Å². The number of rotatable bonds is 5. The van der Waals surface area contributed by atoms with Gasteiger partial charge in [0.05, 0.1) is 19.9 Å². The highest BCUT2D eigenvalue weighted by molar-refractivity contribution is 7.88. The second-order valence-corrected chi connectivity index (χ2v) is 8.96. The van der Waals surface area contributed by atoms with Gasteiger partial charge >= 0.3 is 0 Å². The van der Waals surface area contributed by atoms with Crippen molar-refractivity contribution in [3.63, 3.8) is 0 Å². The number of sulfonamides is 1. The van der Waals surface area contributed by atoms with Crippen LogP contribution in [-0.2, 0) is 14.8 Å². The molecule has 0 saturated carbocycles. The standard InChI is InChI=1S/C17H26N4O5S/c1-25-15-16(19-8-7-18-15)26-14-4-3-9-20(12-14)17(22)13-5-10-21(11-6-13)27(2,23)24/h7-8,13-14H,3-6,9-12H2,1-2H3/t14-/m1/s1. The monoisotopic (exact) mass is 398 g/mol. The van der Waals surface area contributed by atoms with Crippen molar-refractivity contribution in [2.75, 3.05) is 39.5 Å². The zero-order chi connectivity index (χ0) is 19.4. The molecule has 0 N–H and O–H groups in total. The Bertz CT molecular complexity index is 764. The van der Waals surface area contributed by atoms with Crippen LogP contribution in [0.3, 0.4) is 0 Å². The average Bonchev–Trinajstić information content (AvgIpc) is 2.67. The maximum absolute atomic E-state index is 12.9. The van der Waals surface area contributed by atoms with E-state index in [1.807, 2.05) is 4.90 Å². The number of carbonyl (C=O) groups is 1. The number of amides is 1. The van der Waals surface area contributed by atoms with Crippen molar-refractivity contribution in [1.82, 2.24) is 19.2 Å². The van der Waals surface area contributed by atoms with Crippen LogP contribution in [0, 0.1) is 5.92 Å². The van der Waals surface area contributed by atoms with Gasteiger partial charge in [0, 0.05) is 37.9 Å². The fourth-order valence-electron chi connectivity index (χ4n) is 3.62. The molecular formula is C17H26N4O5S. The SMILES string of the molecule is COc1nccnc1O[C@@H]1CCCN(C(=O)C2CCN(S(C)(=O)=O)CC2)C1. The van der Waals surface area contributed by atoms with Crippen molar-refractivity contribution in [2.45, 2.75) is 31.8 Å². The number of hydrogen-bond acceptors (Lipinski definition) is 7. The van der Waals surface area contributed by atoms with Crippen molar-refractivity contribution in [3.8, 4) is 11.8 Å². The highest BCUT2D eigenvalue weighted by atomic mass is 32.2. The Kier molecular flexibility index (Phi) is 6.15. The number of nitrogens with zero attached hydrogens (tertiary/aromatic N) is 4. The highest BCUT2D eigenvalue weighted by Crippen LogP contribution is 2.26. The van der Waals surface area contributed by atoms with Gasteiger partial charge in [-0.2, -0.15) is 0 Å². The molecule has 0 radical (unpaired) electrons. The molecule has 1 atom stereocenters. The summed E-state index contributed by atoms with van der Waals surface area (Å²) in [7, 11) is -1.68. The summed E-state index contributed by atoms with van der Waals surface area (Å²) in [6.07, 6.45) is 6.92. The molecular weight excluding hydrogens is 372 g/mol. The van der Waals surface area contributed by atoms with Gasteiger partial charge in [-0.3, -0.25) is 4.79 Å². The maximum Gasteiger partial charge on any atom is 0.278 e. The lowest BCUT2D eigenvalue weighted by Gasteiger charge is -2.37. The van der Waals surface area contributed by atoms with Crippen molar-refractivity contribution < 1.29 is 22.7 Å². The Morgan fingerprint density at radius 2 is 1.78 bits per heavy atom. The third-order valence-electron chi connectivity index (χ3n) is 5.07. The van der Waals surface area contributed by atoms with E-state index in [0.717, 1.165) is 12.8 Å². The summed E-state index contributed by atoms with van der Waals surface area (Å²) in [6.45, 7) is 1.99. The van der Waals surface area contributed by atoms with Gasteiger partial charge < -0.3 is 14.4 Å². The summed E-state index contributed by atoms with van der Waals surface area (Å²) >= 11 is 0. The van der Waals surface area contributed by atoms with Crippen LogP contribution in [0.5, 0.6) is 11.8 Å². The molecule has 2 saturated heterocycles. The molecule has 1 aromatic rings. The van der Waals surface area contributed by atoms with E-state index in [9.17, 15) is 13.2 Å². The molecule has 0 aliphatic carbocycles.